The first kappa shape index (κ1) is 9.68. The van der Waals surface area contributed by atoms with Crippen LogP contribution in [0.25, 0.3) is 0 Å². The zero-order chi connectivity index (χ0) is 9.14. The van der Waals surface area contributed by atoms with Gasteiger partial charge in [0.25, 0.3) is 0 Å². The lowest BCUT2D eigenvalue weighted by atomic mass is 10.1. The molecule has 0 aliphatic carbocycles. The van der Waals surface area contributed by atoms with E-state index in [1.54, 1.807) is 6.07 Å². The fraction of sp³-hybridized carbons (Fsp3) is 0.250. The highest BCUT2D eigenvalue weighted by molar-refractivity contribution is 9.10. The van der Waals surface area contributed by atoms with Gasteiger partial charge in [0.05, 0.1) is 0 Å². The number of aryl methyl sites for hydroxylation is 1. The first-order valence-electron chi connectivity index (χ1n) is 3.37. The maximum atomic E-state index is 10.1. The predicted octanol–water partition coefficient (Wildman–Crippen LogP) is 3.76. The smallest absolute Gasteiger partial charge is 0.149 e. The molecule has 0 aliphatic heterocycles. The van der Waals surface area contributed by atoms with Crippen LogP contribution in [0.1, 0.15) is 16.6 Å². The van der Waals surface area contributed by atoms with Gasteiger partial charge in [-0.1, -0.05) is 39.7 Å². The maximum Gasteiger partial charge on any atom is 0.190 e. The Labute approximate surface area is 84.0 Å². The molecule has 64 valence electrons. The fourth-order valence-corrected chi connectivity index (χ4v) is 1.26. The van der Waals surface area contributed by atoms with Gasteiger partial charge in [-0.3, -0.25) is 0 Å². The Morgan fingerprint density at radius 1 is 1.58 bits per heavy atom. The summed E-state index contributed by atoms with van der Waals surface area (Å²) in [6, 6.07) is 5.46. The molecule has 0 bridgehead atoms. The van der Waals surface area contributed by atoms with Crippen molar-refractivity contribution in [3.05, 3.63) is 38.7 Å². The number of hydrogen-bond acceptors (Lipinski definition) is 2. The van der Waals surface area contributed by atoms with Crippen LogP contribution in [0.4, 0.5) is 0 Å². The number of rotatable bonds is 2. The monoisotopic (exact) mass is 247 g/mol. The highest BCUT2D eigenvalue weighted by atomic mass is 79.9. The van der Waals surface area contributed by atoms with Crippen molar-refractivity contribution in [2.24, 2.45) is 5.18 Å². The number of nitrogens with zero attached hydrogens (tertiary/aromatic N) is 1. The molecule has 0 radical (unpaired) electrons. The quantitative estimate of drug-likeness (QED) is 0.445. The normalized spacial score (nSPS) is 12.6. The fourth-order valence-electron chi connectivity index (χ4n) is 0.877. The van der Waals surface area contributed by atoms with Gasteiger partial charge < -0.3 is 0 Å². The van der Waals surface area contributed by atoms with Crippen LogP contribution < -0.4 is 0 Å². The highest BCUT2D eigenvalue weighted by Gasteiger charge is 2.07. The van der Waals surface area contributed by atoms with Gasteiger partial charge in [-0.25, -0.2) is 0 Å². The van der Waals surface area contributed by atoms with Crippen molar-refractivity contribution in [3.63, 3.8) is 0 Å². The SMILES string of the molecule is Cc1cc(C(Cl)N=O)ccc1Br. The topological polar surface area (TPSA) is 29.4 Å². The molecule has 4 heteroatoms. The van der Waals surface area contributed by atoms with Gasteiger partial charge in [-0.05, 0) is 29.3 Å². The molecule has 1 atom stereocenters. The van der Waals surface area contributed by atoms with Gasteiger partial charge in [0.2, 0.25) is 0 Å². The molecular weight excluding hydrogens is 241 g/mol. The van der Waals surface area contributed by atoms with Crippen LogP contribution in [0.5, 0.6) is 0 Å². The number of halogens is 2. The molecule has 0 saturated heterocycles. The summed E-state index contributed by atoms with van der Waals surface area (Å²) in [6.07, 6.45) is 0. The zero-order valence-electron chi connectivity index (χ0n) is 6.42. The zero-order valence-corrected chi connectivity index (χ0v) is 8.76. The predicted molar refractivity (Wildman–Crippen MR) is 53.3 cm³/mol. The minimum absolute atomic E-state index is 0.729. The molecule has 0 fully saturated rings. The Morgan fingerprint density at radius 3 is 2.75 bits per heavy atom. The van der Waals surface area contributed by atoms with Crippen LogP contribution >= 0.6 is 27.5 Å². The van der Waals surface area contributed by atoms with E-state index in [2.05, 4.69) is 21.1 Å². The van der Waals surface area contributed by atoms with E-state index >= 15 is 0 Å². The molecule has 12 heavy (non-hydrogen) atoms. The molecule has 0 aromatic heterocycles. The average Bonchev–Trinajstić information content (AvgIpc) is 2.08. The minimum Gasteiger partial charge on any atom is -0.149 e. The van der Waals surface area contributed by atoms with Crippen LogP contribution in [-0.4, -0.2) is 0 Å². The summed E-state index contributed by atoms with van der Waals surface area (Å²) in [7, 11) is 0. The van der Waals surface area contributed by atoms with E-state index in [1.165, 1.54) is 0 Å². The highest BCUT2D eigenvalue weighted by Crippen LogP contribution is 2.25. The van der Waals surface area contributed by atoms with Crippen LogP contribution in [0.15, 0.2) is 27.8 Å². The molecular formula is C8H7BrClNO. The largest absolute Gasteiger partial charge is 0.190 e. The summed E-state index contributed by atoms with van der Waals surface area (Å²) < 4.78 is 1.00. The summed E-state index contributed by atoms with van der Waals surface area (Å²) in [5.74, 6) is 0. The van der Waals surface area contributed by atoms with Crippen molar-refractivity contribution >= 4 is 27.5 Å². The molecule has 1 aromatic carbocycles. The first-order chi connectivity index (χ1) is 5.65. The molecule has 0 spiro atoms. The van der Waals surface area contributed by atoms with Gasteiger partial charge in [0.1, 0.15) is 0 Å². The number of hydrogen-bond donors (Lipinski definition) is 0. The van der Waals surface area contributed by atoms with E-state index in [1.807, 2.05) is 19.1 Å². The van der Waals surface area contributed by atoms with Crippen molar-refractivity contribution in [2.45, 2.75) is 12.4 Å². The Hall–Kier alpha value is -0.410. The molecule has 0 N–H and O–H groups in total. The summed E-state index contributed by atoms with van der Waals surface area (Å²) in [5.41, 5.74) is 0.992. The molecule has 0 amide bonds. The molecule has 0 saturated carbocycles. The number of benzene rings is 1. The molecule has 1 aromatic rings. The molecule has 1 unspecified atom stereocenters. The van der Waals surface area contributed by atoms with Gasteiger partial charge in [-0.15, -0.1) is 4.91 Å². The number of alkyl halides is 1. The Kier molecular flexibility index (Phi) is 3.23. The van der Waals surface area contributed by atoms with Crippen LogP contribution in [0.3, 0.4) is 0 Å². The summed E-state index contributed by atoms with van der Waals surface area (Å²) in [5, 5.41) is 2.73. The van der Waals surface area contributed by atoms with Crippen LogP contribution in [0, 0.1) is 11.8 Å². The lowest BCUT2D eigenvalue weighted by Gasteiger charge is -2.03. The summed E-state index contributed by atoms with van der Waals surface area (Å²) >= 11 is 8.97. The van der Waals surface area contributed by atoms with Crippen molar-refractivity contribution in [1.82, 2.24) is 0 Å². The molecule has 1 rings (SSSR count). The standard InChI is InChI=1S/C8H7BrClNO/c1-5-4-6(8(10)11-12)2-3-7(5)9/h2-4,8H,1H3. The lowest BCUT2D eigenvalue weighted by molar-refractivity contribution is 1.000. The van der Waals surface area contributed by atoms with Crippen molar-refractivity contribution in [2.75, 3.05) is 0 Å². The lowest BCUT2D eigenvalue weighted by Crippen LogP contribution is -1.86. The third-order valence-corrected chi connectivity index (χ3v) is 2.77. The van der Waals surface area contributed by atoms with Crippen molar-refractivity contribution in [3.8, 4) is 0 Å². The van der Waals surface area contributed by atoms with Gasteiger partial charge in [0, 0.05) is 4.47 Å². The second-order valence-corrected chi connectivity index (χ2v) is 3.72. The van der Waals surface area contributed by atoms with Crippen molar-refractivity contribution < 1.29 is 0 Å². The second kappa shape index (κ2) is 4.01. The van der Waals surface area contributed by atoms with Crippen LogP contribution in [-0.2, 0) is 0 Å². The molecule has 0 heterocycles. The van der Waals surface area contributed by atoms with Crippen LogP contribution in [0.2, 0.25) is 0 Å². The Morgan fingerprint density at radius 2 is 2.25 bits per heavy atom. The molecule has 0 aliphatic rings. The van der Waals surface area contributed by atoms with E-state index in [0.717, 1.165) is 15.6 Å². The summed E-state index contributed by atoms with van der Waals surface area (Å²) in [4.78, 5) is 10.1. The van der Waals surface area contributed by atoms with E-state index in [9.17, 15) is 4.91 Å². The van der Waals surface area contributed by atoms with E-state index in [-0.39, 0.29) is 0 Å². The third-order valence-electron chi connectivity index (χ3n) is 1.55. The third kappa shape index (κ3) is 2.05. The minimum atomic E-state index is -0.781. The van der Waals surface area contributed by atoms with E-state index in [0.29, 0.717) is 0 Å². The van der Waals surface area contributed by atoms with Crippen molar-refractivity contribution in [1.29, 1.82) is 0 Å². The summed E-state index contributed by atoms with van der Waals surface area (Å²) in [6.45, 7) is 1.93. The van der Waals surface area contributed by atoms with Gasteiger partial charge in [-0.2, -0.15) is 0 Å². The van der Waals surface area contributed by atoms with E-state index in [4.69, 9.17) is 11.6 Å². The van der Waals surface area contributed by atoms with Gasteiger partial charge >= 0.3 is 0 Å². The average molecular weight is 249 g/mol. The maximum absolute atomic E-state index is 10.1. The first-order valence-corrected chi connectivity index (χ1v) is 4.60. The number of nitroso groups, excluding NO2 is 1. The second-order valence-electron chi connectivity index (χ2n) is 2.45. The Balaban J connectivity index is 3.04. The van der Waals surface area contributed by atoms with Gasteiger partial charge in [0.15, 0.2) is 5.50 Å². The Bertz CT molecular complexity index is 303. The molecule has 2 nitrogen and oxygen atoms in total. The van der Waals surface area contributed by atoms with E-state index < -0.39 is 5.50 Å².